The van der Waals surface area contributed by atoms with Crippen molar-refractivity contribution < 1.29 is 14.6 Å². The average molecular weight is 276 g/mol. The fourth-order valence-corrected chi connectivity index (χ4v) is 2.66. The molecular formula is C14H14NO3S-. The standard InChI is InChI=1S/C14H15NO3S/c1-3-18-10-4-5-12-11(7-10)13(6-9(2)15-12)19-8-14(16)17/h4-7H,3,8H2,1-2H3,(H,16,17)/p-1. The highest BCUT2D eigenvalue weighted by molar-refractivity contribution is 8.00. The average Bonchev–Trinajstić information content (AvgIpc) is 2.36. The second kappa shape index (κ2) is 5.93. The summed E-state index contributed by atoms with van der Waals surface area (Å²) in [6.07, 6.45) is 0. The normalized spacial score (nSPS) is 10.6. The zero-order chi connectivity index (χ0) is 13.8. The lowest BCUT2D eigenvalue weighted by atomic mass is 10.2. The lowest BCUT2D eigenvalue weighted by molar-refractivity contribution is -0.301. The number of carbonyl (C=O) groups excluding carboxylic acids is 1. The van der Waals surface area contributed by atoms with Crippen LogP contribution in [0.1, 0.15) is 12.6 Å². The van der Waals surface area contributed by atoms with Crippen LogP contribution in [0.2, 0.25) is 0 Å². The number of thioether (sulfide) groups is 1. The van der Waals surface area contributed by atoms with E-state index in [2.05, 4.69) is 4.98 Å². The van der Waals surface area contributed by atoms with Gasteiger partial charge in [0.2, 0.25) is 0 Å². The van der Waals surface area contributed by atoms with Crippen LogP contribution in [0.15, 0.2) is 29.2 Å². The minimum atomic E-state index is -1.08. The van der Waals surface area contributed by atoms with E-state index in [1.807, 2.05) is 38.1 Å². The van der Waals surface area contributed by atoms with Crippen LogP contribution in [-0.4, -0.2) is 23.3 Å². The van der Waals surface area contributed by atoms with Gasteiger partial charge in [0.25, 0.3) is 0 Å². The van der Waals surface area contributed by atoms with E-state index in [4.69, 9.17) is 4.74 Å². The van der Waals surface area contributed by atoms with Gasteiger partial charge in [0.15, 0.2) is 0 Å². The zero-order valence-corrected chi connectivity index (χ0v) is 11.6. The molecule has 0 aliphatic carbocycles. The minimum absolute atomic E-state index is 0.0720. The topological polar surface area (TPSA) is 62.2 Å². The summed E-state index contributed by atoms with van der Waals surface area (Å²) in [5.74, 6) is -0.387. The van der Waals surface area contributed by atoms with Gasteiger partial charge in [-0.25, -0.2) is 0 Å². The van der Waals surface area contributed by atoms with Gasteiger partial charge in [-0.3, -0.25) is 4.98 Å². The van der Waals surface area contributed by atoms with E-state index >= 15 is 0 Å². The molecule has 1 aromatic carbocycles. The number of carboxylic acid groups (broad SMARTS) is 1. The fraction of sp³-hybridized carbons (Fsp3) is 0.286. The van der Waals surface area contributed by atoms with Gasteiger partial charge in [-0.1, -0.05) is 0 Å². The Hall–Kier alpha value is -1.75. The van der Waals surface area contributed by atoms with Gasteiger partial charge in [0.1, 0.15) is 5.75 Å². The molecule has 100 valence electrons. The first-order valence-electron chi connectivity index (χ1n) is 5.97. The summed E-state index contributed by atoms with van der Waals surface area (Å²) in [6, 6.07) is 7.52. The summed E-state index contributed by atoms with van der Waals surface area (Å²) in [6.45, 7) is 4.40. The third-order valence-electron chi connectivity index (χ3n) is 2.53. The van der Waals surface area contributed by atoms with E-state index in [-0.39, 0.29) is 5.75 Å². The largest absolute Gasteiger partial charge is 0.549 e. The van der Waals surface area contributed by atoms with Gasteiger partial charge in [-0.15, -0.1) is 11.8 Å². The Morgan fingerprint density at radius 2 is 2.21 bits per heavy atom. The number of hydrogen-bond donors (Lipinski definition) is 0. The molecule has 0 N–H and O–H groups in total. The van der Waals surface area contributed by atoms with Crippen LogP contribution in [0.4, 0.5) is 0 Å². The van der Waals surface area contributed by atoms with Gasteiger partial charge in [0, 0.05) is 21.7 Å². The lowest BCUT2D eigenvalue weighted by Gasteiger charge is -2.10. The Morgan fingerprint density at radius 1 is 1.42 bits per heavy atom. The van der Waals surface area contributed by atoms with Crippen LogP contribution in [0.25, 0.3) is 10.9 Å². The van der Waals surface area contributed by atoms with Crippen molar-refractivity contribution in [2.45, 2.75) is 18.7 Å². The molecule has 0 saturated heterocycles. The molecule has 5 heteroatoms. The van der Waals surface area contributed by atoms with E-state index in [1.54, 1.807) is 0 Å². The third kappa shape index (κ3) is 3.38. The van der Waals surface area contributed by atoms with Gasteiger partial charge in [-0.05, 0) is 38.1 Å². The maximum Gasteiger partial charge on any atom is 0.120 e. The van der Waals surface area contributed by atoms with Gasteiger partial charge >= 0.3 is 0 Å². The van der Waals surface area contributed by atoms with Crippen LogP contribution >= 0.6 is 11.8 Å². The van der Waals surface area contributed by atoms with Crippen LogP contribution in [0.3, 0.4) is 0 Å². The Bertz CT molecular complexity index is 613. The van der Waals surface area contributed by atoms with Crippen molar-refractivity contribution in [3.8, 4) is 5.75 Å². The minimum Gasteiger partial charge on any atom is -0.549 e. The van der Waals surface area contributed by atoms with Crippen molar-refractivity contribution in [3.63, 3.8) is 0 Å². The van der Waals surface area contributed by atoms with Crippen molar-refractivity contribution in [3.05, 3.63) is 30.0 Å². The van der Waals surface area contributed by atoms with E-state index in [0.717, 1.165) is 27.2 Å². The van der Waals surface area contributed by atoms with Crippen LogP contribution in [-0.2, 0) is 4.79 Å². The molecule has 0 fully saturated rings. The molecule has 0 spiro atoms. The monoisotopic (exact) mass is 276 g/mol. The highest BCUT2D eigenvalue weighted by Crippen LogP contribution is 2.30. The molecule has 0 radical (unpaired) electrons. The SMILES string of the molecule is CCOc1ccc2nc(C)cc(SCC(=O)[O-])c2c1. The summed E-state index contributed by atoms with van der Waals surface area (Å²) < 4.78 is 5.46. The number of nitrogens with zero attached hydrogens (tertiary/aromatic N) is 1. The molecule has 4 nitrogen and oxygen atoms in total. The van der Waals surface area contributed by atoms with Gasteiger partial charge < -0.3 is 14.6 Å². The maximum atomic E-state index is 10.6. The lowest BCUT2D eigenvalue weighted by Crippen LogP contribution is -2.24. The molecular weight excluding hydrogens is 262 g/mol. The van der Waals surface area contributed by atoms with Crippen molar-refractivity contribution in [1.29, 1.82) is 0 Å². The fourth-order valence-electron chi connectivity index (χ4n) is 1.81. The summed E-state index contributed by atoms with van der Waals surface area (Å²) in [5.41, 5.74) is 1.70. The van der Waals surface area contributed by atoms with E-state index < -0.39 is 5.97 Å². The predicted octanol–water partition coefficient (Wildman–Crippen LogP) is 1.78. The Balaban J connectivity index is 2.46. The van der Waals surface area contributed by atoms with Crippen molar-refractivity contribution >= 4 is 28.6 Å². The molecule has 0 atom stereocenters. The maximum absolute atomic E-state index is 10.6. The number of fused-ring (bicyclic) bond motifs is 1. The molecule has 0 aliphatic rings. The van der Waals surface area contributed by atoms with Gasteiger partial charge in [-0.2, -0.15) is 0 Å². The first-order valence-corrected chi connectivity index (χ1v) is 6.95. The molecule has 0 unspecified atom stereocenters. The van der Waals surface area contributed by atoms with Crippen molar-refractivity contribution in [2.24, 2.45) is 0 Å². The second-order valence-electron chi connectivity index (χ2n) is 4.03. The quantitative estimate of drug-likeness (QED) is 0.779. The molecule has 0 aliphatic heterocycles. The van der Waals surface area contributed by atoms with E-state index in [9.17, 15) is 9.90 Å². The second-order valence-corrected chi connectivity index (χ2v) is 5.05. The number of rotatable bonds is 5. The molecule has 0 saturated carbocycles. The summed E-state index contributed by atoms with van der Waals surface area (Å²) in [7, 11) is 0. The Kier molecular flexibility index (Phi) is 4.27. The number of pyridine rings is 1. The van der Waals surface area contributed by atoms with Crippen LogP contribution < -0.4 is 9.84 Å². The van der Waals surface area contributed by atoms with E-state index in [1.165, 1.54) is 11.8 Å². The highest BCUT2D eigenvalue weighted by atomic mass is 32.2. The number of hydrogen-bond acceptors (Lipinski definition) is 5. The Morgan fingerprint density at radius 3 is 2.89 bits per heavy atom. The van der Waals surface area contributed by atoms with Crippen LogP contribution in [0.5, 0.6) is 5.75 Å². The number of ether oxygens (including phenoxy) is 1. The molecule has 1 heterocycles. The Labute approximate surface area is 115 Å². The number of carbonyl (C=O) groups is 1. The number of aryl methyl sites for hydroxylation is 1. The summed E-state index contributed by atoms with van der Waals surface area (Å²) in [5, 5.41) is 11.5. The third-order valence-corrected chi connectivity index (χ3v) is 3.56. The molecule has 0 bridgehead atoms. The van der Waals surface area contributed by atoms with Gasteiger partial charge in [0.05, 0.1) is 18.1 Å². The smallest absolute Gasteiger partial charge is 0.120 e. The zero-order valence-electron chi connectivity index (χ0n) is 10.8. The first kappa shape index (κ1) is 13.7. The highest BCUT2D eigenvalue weighted by Gasteiger charge is 2.06. The molecule has 2 rings (SSSR count). The van der Waals surface area contributed by atoms with Crippen molar-refractivity contribution in [2.75, 3.05) is 12.4 Å². The van der Waals surface area contributed by atoms with Crippen molar-refractivity contribution in [1.82, 2.24) is 4.98 Å². The van der Waals surface area contributed by atoms with Crippen LogP contribution in [0, 0.1) is 6.92 Å². The molecule has 19 heavy (non-hydrogen) atoms. The predicted molar refractivity (Wildman–Crippen MR) is 73.4 cm³/mol. The van der Waals surface area contributed by atoms with E-state index in [0.29, 0.717) is 6.61 Å². The molecule has 1 aromatic heterocycles. The number of benzene rings is 1. The number of carboxylic acids is 1. The number of aliphatic carboxylic acids is 1. The first-order chi connectivity index (χ1) is 9.10. The molecule has 2 aromatic rings. The number of aromatic nitrogens is 1. The molecule has 0 amide bonds. The summed E-state index contributed by atoms with van der Waals surface area (Å²) >= 11 is 1.24. The summed E-state index contributed by atoms with van der Waals surface area (Å²) in [4.78, 5) is 15.9.